The van der Waals surface area contributed by atoms with Crippen LogP contribution in [0.15, 0.2) is 71.2 Å². The van der Waals surface area contributed by atoms with Crippen molar-refractivity contribution >= 4 is 33.5 Å². The van der Waals surface area contributed by atoms with Gasteiger partial charge < -0.3 is 9.84 Å². The fourth-order valence-corrected chi connectivity index (χ4v) is 3.16. The van der Waals surface area contributed by atoms with Crippen molar-refractivity contribution < 1.29 is 19.0 Å². The lowest BCUT2D eigenvalue weighted by atomic mass is 10.0. The molecule has 29 heavy (non-hydrogen) atoms. The number of hydrogen-bond acceptors (Lipinski definition) is 3. The summed E-state index contributed by atoms with van der Waals surface area (Å²) < 4.78 is 20.4. The number of rotatable bonds is 6. The summed E-state index contributed by atoms with van der Waals surface area (Å²) in [5, 5.41) is 18.3. The highest BCUT2D eigenvalue weighted by molar-refractivity contribution is 9.10. The Bertz CT molecular complexity index is 1120. The van der Waals surface area contributed by atoms with Gasteiger partial charge in [0.2, 0.25) is 0 Å². The summed E-state index contributed by atoms with van der Waals surface area (Å²) >= 11 is 3.44. The summed E-state index contributed by atoms with van der Waals surface area (Å²) in [7, 11) is 0. The third-order valence-corrected chi connectivity index (χ3v) is 4.77. The number of ether oxygens (including phenoxy) is 1. The Labute approximate surface area is 175 Å². The number of hydrogen-bond donors (Lipinski definition) is 1. The second kappa shape index (κ2) is 9.18. The number of nitrogens with zero attached hydrogens (tertiary/aromatic N) is 1. The van der Waals surface area contributed by atoms with Crippen LogP contribution in [0.4, 0.5) is 4.39 Å². The fourth-order valence-electron chi connectivity index (χ4n) is 2.65. The molecule has 0 atom stereocenters. The molecule has 3 aromatic rings. The first-order valence-electron chi connectivity index (χ1n) is 8.59. The van der Waals surface area contributed by atoms with Crippen LogP contribution in [0.1, 0.15) is 27.0 Å². The van der Waals surface area contributed by atoms with Crippen molar-refractivity contribution in [1.29, 1.82) is 5.26 Å². The minimum Gasteiger partial charge on any atom is -0.488 e. The fraction of sp³-hybridized carbons (Fsp3) is 0.0435. The molecule has 0 aliphatic rings. The van der Waals surface area contributed by atoms with Gasteiger partial charge in [-0.05, 0) is 63.5 Å². The van der Waals surface area contributed by atoms with E-state index >= 15 is 0 Å². The lowest BCUT2D eigenvalue weighted by Gasteiger charge is -2.09. The van der Waals surface area contributed by atoms with Gasteiger partial charge in [0.05, 0.1) is 21.7 Å². The van der Waals surface area contributed by atoms with Gasteiger partial charge in [-0.1, -0.05) is 36.4 Å². The molecule has 3 aromatic carbocycles. The van der Waals surface area contributed by atoms with E-state index in [1.165, 1.54) is 18.2 Å². The molecule has 0 fully saturated rings. The molecule has 3 rings (SSSR count). The third-order valence-electron chi connectivity index (χ3n) is 4.15. The lowest BCUT2D eigenvalue weighted by molar-refractivity contribution is 0.0697. The normalized spacial score (nSPS) is 11.0. The minimum absolute atomic E-state index is 0.217. The van der Waals surface area contributed by atoms with Gasteiger partial charge in [0.15, 0.2) is 0 Å². The molecular weight excluding hydrogens is 437 g/mol. The van der Waals surface area contributed by atoms with Gasteiger partial charge in [0, 0.05) is 5.56 Å². The predicted molar refractivity (Wildman–Crippen MR) is 112 cm³/mol. The standard InChI is InChI=1S/C23H15BrFNO3/c24-20-12-16(11-18(13-26)19-3-1-2-4-21(19)25)7-10-22(20)29-14-15-5-8-17(9-6-15)23(27)28/h1-12H,14H2,(H,27,28). The molecule has 0 bridgehead atoms. The average Bonchev–Trinajstić information content (AvgIpc) is 2.72. The second-order valence-electron chi connectivity index (χ2n) is 6.13. The topological polar surface area (TPSA) is 70.3 Å². The molecule has 0 aromatic heterocycles. The van der Waals surface area contributed by atoms with Crippen LogP contribution in [0.2, 0.25) is 0 Å². The molecule has 0 aliphatic carbocycles. The smallest absolute Gasteiger partial charge is 0.335 e. The van der Waals surface area contributed by atoms with Crippen molar-refractivity contribution in [3.05, 3.63) is 99.3 Å². The predicted octanol–water partition coefficient (Wildman–Crippen LogP) is 5.93. The number of halogens is 2. The van der Waals surface area contributed by atoms with E-state index in [9.17, 15) is 14.4 Å². The molecule has 0 saturated heterocycles. The van der Waals surface area contributed by atoms with Crippen LogP contribution >= 0.6 is 15.9 Å². The van der Waals surface area contributed by atoms with E-state index in [0.717, 1.165) is 11.1 Å². The first-order valence-corrected chi connectivity index (χ1v) is 9.38. The zero-order valence-electron chi connectivity index (χ0n) is 15.1. The van der Waals surface area contributed by atoms with Crippen LogP contribution in [-0.4, -0.2) is 11.1 Å². The maximum absolute atomic E-state index is 13.9. The van der Waals surface area contributed by atoms with E-state index < -0.39 is 11.8 Å². The van der Waals surface area contributed by atoms with Crippen molar-refractivity contribution in [2.75, 3.05) is 0 Å². The molecule has 0 saturated carbocycles. The quantitative estimate of drug-likeness (QED) is 0.372. The molecule has 1 N–H and O–H groups in total. The lowest BCUT2D eigenvalue weighted by Crippen LogP contribution is -1.99. The summed E-state index contributed by atoms with van der Waals surface area (Å²) in [6.45, 7) is 0.270. The number of carbonyl (C=O) groups is 1. The number of benzene rings is 3. The maximum Gasteiger partial charge on any atom is 0.335 e. The Morgan fingerprint density at radius 2 is 1.86 bits per heavy atom. The van der Waals surface area contributed by atoms with E-state index in [1.54, 1.807) is 54.6 Å². The van der Waals surface area contributed by atoms with Gasteiger partial charge in [-0.3, -0.25) is 0 Å². The molecule has 0 amide bonds. The average molecular weight is 452 g/mol. The zero-order valence-corrected chi connectivity index (χ0v) is 16.7. The van der Waals surface area contributed by atoms with Gasteiger partial charge >= 0.3 is 5.97 Å². The highest BCUT2D eigenvalue weighted by Gasteiger charge is 2.09. The van der Waals surface area contributed by atoms with Gasteiger partial charge in [-0.2, -0.15) is 5.26 Å². The number of carboxylic acid groups (broad SMARTS) is 1. The first-order chi connectivity index (χ1) is 14.0. The van der Waals surface area contributed by atoms with Crippen molar-refractivity contribution in [2.24, 2.45) is 0 Å². The zero-order chi connectivity index (χ0) is 20.8. The Morgan fingerprint density at radius 3 is 2.48 bits per heavy atom. The monoisotopic (exact) mass is 451 g/mol. The largest absolute Gasteiger partial charge is 0.488 e. The molecule has 144 valence electrons. The number of nitriles is 1. The van der Waals surface area contributed by atoms with Crippen LogP contribution in [0.5, 0.6) is 5.75 Å². The Balaban J connectivity index is 1.75. The highest BCUT2D eigenvalue weighted by atomic mass is 79.9. The van der Waals surface area contributed by atoms with Crippen molar-refractivity contribution in [3.8, 4) is 11.8 Å². The van der Waals surface area contributed by atoms with E-state index in [4.69, 9.17) is 9.84 Å². The number of allylic oxidation sites excluding steroid dienone is 1. The molecule has 0 unspecified atom stereocenters. The molecule has 6 heteroatoms. The Hall–Kier alpha value is -3.43. The van der Waals surface area contributed by atoms with Crippen molar-refractivity contribution in [1.82, 2.24) is 0 Å². The van der Waals surface area contributed by atoms with Crippen LogP contribution in [0, 0.1) is 17.1 Å². The van der Waals surface area contributed by atoms with Crippen molar-refractivity contribution in [3.63, 3.8) is 0 Å². The number of carboxylic acids is 1. The van der Waals surface area contributed by atoms with E-state index in [0.29, 0.717) is 10.2 Å². The van der Waals surface area contributed by atoms with E-state index in [2.05, 4.69) is 15.9 Å². The van der Waals surface area contributed by atoms with Gasteiger partial charge in [0.1, 0.15) is 18.2 Å². The van der Waals surface area contributed by atoms with E-state index in [1.807, 2.05) is 6.07 Å². The molecule has 0 aliphatic heterocycles. The summed E-state index contributed by atoms with van der Waals surface area (Å²) in [6, 6.07) is 19.9. The van der Waals surface area contributed by atoms with Gasteiger partial charge in [0.25, 0.3) is 0 Å². The SMILES string of the molecule is N#CC(=Cc1ccc(OCc2ccc(C(=O)O)cc2)c(Br)c1)c1ccccc1F. The third kappa shape index (κ3) is 5.09. The van der Waals surface area contributed by atoms with Crippen LogP contribution in [0.3, 0.4) is 0 Å². The van der Waals surface area contributed by atoms with Crippen LogP contribution in [-0.2, 0) is 6.61 Å². The molecule has 0 radical (unpaired) electrons. The second-order valence-corrected chi connectivity index (χ2v) is 6.98. The van der Waals surface area contributed by atoms with E-state index in [-0.39, 0.29) is 23.3 Å². The van der Waals surface area contributed by atoms with Crippen LogP contribution in [0.25, 0.3) is 11.6 Å². The van der Waals surface area contributed by atoms with Gasteiger partial charge in [-0.25, -0.2) is 9.18 Å². The number of aromatic carboxylic acids is 1. The molecule has 0 heterocycles. The maximum atomic E-state index is 13.9. The molecule has 4 nitrogen and oxygen atoms in total. The van der Waals surface area contributed by atoms with Crippen molar-refractivity contribution in [2.45, 2.75) is 6.61 Å². The summed E-state index contributed by atoms with van der Waals surface area (Å²) in [6.07, 6.45) is 1.61. The van der Waals surface area contributed by atoms with Crippen LogP contribution < -0.4 is 4.74 Å². The van der Waals surface area contributed by atoms with Gasteiger partial charge in [-0.15, -0.1) is 0 Å². The molecule has 0 spiro atoms. The molecular formula is C23H15BrFNO3. The highest BCUT2D eigenvalue weighted by Crippen LogP contribution is 2.29. The Morgan fingerprint density at radius 1 is 1.14 bits per heavy atom. The minimum atomic E-state index is -0.976. The summed E-state index contributed by atoms with van der Waals surface area (Å²) in [4.78, 5) is 10.9. The summed E-state index contributed by atoms with van der Waals surface area (Å²) in [5.74, 6) is -0.835. The summed E-state index contributed by atoms with van der Waals surface area (Å²) in [5.41, 5.74) is 2.24. The first kappa shape index (κ1) is 20.3. The Kier molecular flexibility index (Phi) is 6.43.